The molecule has 0 saturated carbocycles. The highest BCUT2D eigenvalue weighted by atomic mass is 35.5. The molecular formula is C13H8ClFN2S. The fourth-order valence-electron chi connectivity index (χ4n) is 1.72. The number of fused-ring (bicyclic) bond motifs is 1. The molecule has 2 aromatic carbocycles. The predicted molar refractivity (Wildman–Crippen MR) is 74.4 cm³/mol. The topological polar surface area (TPSA) is 38.9 Å². The molecule has 0 fully saturated rings. The molecule has 0 unspecified atom stereocenters. The maximum absolute atomic E-state index is 13.1. The monoisotopic (exact) mass is 278 g/mol. The highest BCUT2D eigenvalue weighted by Crippen LogP contribution is 2.35. The van der Waals surface area contributed by atoms with Gasteiger partial charge in [0, 0.05) is 17.3 Å². The van der Waals surface area contributed by atoms with Gasteiger partial charge in [-0.05, 0) is 30.3 Å². The van der Waals surface area contributed by atoms with Crippen molar-refractivity contribution in [1.82, 2.24) is 4.98 Å². The second kappa shape index (κ2) is 4.23. The molecule has 0 radical (unpaired) electrons. The van der Waals surface area contributed by atoms with Crippen molar-refractivity contribution in [2.75, 3.05) is 5.73 Å². The van der Waals surface area contributed by atoms with E-state index in [-0.39, 0.29) is 5.82 Å². The van der Waals surface area contributed by atoms with E-state index >= 15 is 0 Å². The number of hydrogen-bond acceptors (Lipinski definition) is 3. The van der Waals surface area contributed by atoms with Gasteiger partial charge >= 0.3 is 0 Å². The van der Waals surface area contributed by atoms with Gasteiger partial charge in [-0.25, -0.2) is 9.37 Å². The molecule has 1 aromatic heterocycles. The summed E-state index contributed by atoms with van der Waals surface area (Å²) in [5, 5.41) is 1.33. The van der Waals surface area contributed by atoms with Crippen molar-refractivity contribution in [3.8, 4) is 10.6 Å². The number of nitrogens with two attached hydrogens (primary N) is 1. The molecule has 5 heteroatoms. The van der Waals surface area contributed by atoms with Crippen molar-refractivity contribution in [3.63, 3.8) is 0 Å². The van der Waals surface area contributed by atoms with Gasteiger partial charge in [-0.15, -0.1) is 11.3 Å². The number of aromatic nitrogens is 1. The molecule has 90 valence electrons. The first-order valence-corrected chi connectivity index (χ1v) is 6.44. The Balaban J connectivity index is 2.22. The van der Waals surface area contributed by atoms with E-state index in [1.165, 1.54) is 23.5 Å². The second-order valence-corrected chi connectivity index (χ2v) is 5.31. The van der Waals surface area contributed by atoms with E-state index in [1.54, 1.807) is 24.3 Å². The van der Waals surface area contributed by atoms with E-state index in [4.69, 9.17) is 17.3 Å². The van der Waals surface area contributed by atoms with Crippen molar-refractivity contribution in [2.24, 2.45) is 0 Å². The highest BCUT2D eigenvalue weighted by Gasteiger charge is 2.10. The number of nitrogens with zero attached hydrogens (tertiary/aromatic N) is 1. The van der Waals surface area contributed by atoms with Gasteiger partial charge in [0.25, 0.3) is 0 Å². The summed E-state index contributed by atoms with van der Waals surface area (Å²) in [4.78, 5) is 4.38. The zero-order chi connectivity index (χ0) is 12.7. The lowest BCUT2D eigenvalue weighted by molar-refractivity contribution is 0.629. The minimum absolute atomic E-state index is 0.293. The number of rotatable bonds is 1. The Labute approximate surface area is 112 Å². The van der Waals surface area contributed by atoms with Gasteiger partial charge in [0.05, 0.1) is 15.2 Å². The molecule has 2 nitrogen and oxygen atoms in total. The van der Waals surface area contributed by atoms with Gasteiger partial charge in [0.2, 0.25) is 0 Å². The van der Waals surface area contributed by atoms with Crippen LogP contribution in [0.4, 0.5) is 10.1 Å². The summed E-state index contributed by atoms with van der Waals surface area (Å²) in [6.45, 7) is 0. The molecule has 0 aliphatic heterocycles. The number of thiazole rings is 1. The lowest BCUT2D eigenvalue weighted by Crippen LogP contribution is -1.86. The van der Waals surface area contributed by atoms with Crippen molar-refractivity contribution >= 4 is 38.8 Å². The van der Waals surface area contributed by atoms with Crippen LogP contribution < -0.4 is 5.73 Å². The van der Waals surface area contributed by atoms with Crippen LogP contribution in [0.3, 0.4) is 0 Å². The van der Waals surface area contributed by atoms with Gasteiger partial charge in [-0.2, -0.15) is 0 Å². The van der Waals surface area contributed by atoms with E-state index in [9.17, 15) is 4.39 Å². The van der Waals surface area contributed by atoms with E-state index in [1.807, 2.05) is 0 Å². The molecule has 3 aromatic rings. The third-order valence-electron chi connectivity index (χ3n) is 2.57. The van der Waals surface area contributed by atoms with E-state index < -0.39 is 0 Å². The van der Waals surface area contributed by atoms with Crippen LogP contribution in [-0.4, -0.2) is 4.98 Å². The summed E-state index contributed by atoms with van der Waals surface area (Å²) in [6, 6.07) is 9.79. The summed E-state index contributed by atoms with van der Waals surface area (Å²) >= 11 is 7.59. The SMILES string of the molecule is Nc1ccc(Cl)c(-c2nc3cc(F)ccc3s2)c1. The van der Waals surface area contributed by atoms with Gasteiger partial charge in [-0.1, -0.05) is 11.6 Å². The van der Waals surface area contributed by atoms with Crippen LogP contribution in [0, 0.1) is 5.82 Å². The van der Waals surface area contributed by atoms with Crippen LogP contribution in [0.1, 0.15) is 0 Å². The molecular weight excluding hydrogens is 271 g/mol. The molecule has 0 saturated heterocycles. The van der Waals surface area contributed by atoms with Crippen LogP contribution in [0.5, 0.6) is 0 Å². The van der Waals surface area contributed by atoms with Crippen LogP contribution in [0.15, 0.2) is 36.4 Å². The van der Waals surface area contributed by atoms with Crippen molar-refractivity contribution in [1.29, 1.82) is 0 Å². The fraction of sp³-hybridized carbons (Fsp3) is 0. The predicted octanol–water partition coefficient (Wildman–Crippen LogP) is 4.34. The first-order chi connectivity index (χ1) is 8.63. The molecule has 18 heavy (non-hydrogen) atoms. The first kappa shape index (κ1) is 11.4. The van der Waals surface area contributed by atoms with Gasteiger partial charge in [0.15, 0.2) is 0 Å². The van der Waals surface area contributed by atoms with Gasteiger partial charge in [0.1, 0.15) is 10.8 Å². The molecule has 0 spiro atoms. The molecule has 2 N–H and O–H groups in total. The van der Waals surface area contributed by atoms with Crippen molar-refractivity contribution < 1.29 is 4.39 Å². The minimum Gasteiger partial charge on any atom is -0.399 e. The molecule has 0 amide bonds. The highest BCUT2D eigenvalue weighted by molar-refractivity contribution is 7.21. The maximum Gasteiger partial charge on any atom is 0.126 e. The smallest absolute Gasteiger partial charge is 0.126 e. The van der Waals surface area contributed by atoms with Crippen molar-refractivity contribution in [3.05, 3.63) is 47.2 Å². The normalized spacial score (nSPS) is 11.0. The summed E-state index contributed by atoms with van der Waals surface area (Å²) in [5.74, 6) is -0.293. The minimum atomic E-state index is -0.293. The van der Waals surface area contributed by atoms with Crippen molar-refractivity contribution in [2.45, 2.75) is 0 Å². The third kappa shape index (κ3) is 1.94. The molecule has 0 bridgehead atoms. The van der Waals surface area contributed by atoms with Gasteiger partial charge in [-0.3, -0.25) is 0 Å². The Morgan fingerprint density at radius 3 is 2.83 bits per heavy atom. The summed E-state index contributed by atoms with van der Waals surface area (Å²) in [7, 11) is 0. The summed E-state index contributed by atoms with van der Waals surface area (Å²) < 4.78 is 14.0. The lowest BCUT2D eigenvalue weighted by atomic mass is 10.2. The van der Waals surface area contributed by atoms with Crippen LogP contribution >= 0.6 is 22.9 Å². The second-order valence-electron chi connectivity index (χ2n) is 3.87. The standard InChI is InChI=1S/C13H8ClFN2S/c14-10-3-2-8(16)6-9(10)13-17-11-5-7(15)1-4-12(11)18-13/h1-6H,16H2. The zero-order valence-corrected chi connectivity index (χ0v) is 10.7. The summed E-state index contributed by atoms with van der Waals surface area (Å²) in [6.07, 6.45) is 0. The van der Waals surface area contributed by atoms with Crippen LogP contribution in [0.25, 0.3) is 20.8 Å². The first-order valence-electron chi connectivity index (χ1n) is 5.25. The number of hydrogen-bond donors (Lipinski definition) is 1. The maximum atomic E-state index is 13.1. The average molecular weight is 279 g/mol. The number of anilines is 1. The Morgan fingerprint density at radius 2 is 2.00 bits per heavy atom. The third-order valence-corrected chi connectivity index (χ3v) is 3.97. The fourth-order valence-corrected chi connectivity index (χ4v) is 2.96. The quantitative estimate of drug-likeness (QED) is 0.673. The zero-order valence-electron chi connectivity index (χ0n) is 9.15. The Morgan fingerprint density at radius 1 is 1.17 bits per heavy atom. The van der Waals surface area contributed by atoms with Crippen LogP contribution in [-0.2, 0) is 0 Å². The molecule has 1 heterocycles. The van der Waals surface area contributed by atoms with E-state index in [0.717, 1.165) is 15.3 Å². The van der Waals surface area contributed by atoms with Gasteiger partial charge < -0.3 is 5.73 Å². The van der Waals surface area contributed by atoms with E-state index in [2.05, 4.69) is 4.98 Å². The molecule has 0 atom stereocenters. The van der Waals surface area contributed by atoms with Crippen LogP contribution in [0.2, 0.25) is 5.02 Å². The summed E-state index contributed by atoms with van der Waals surface area (Å²) in [5.41, 5.74) is 7.78. The number of benzene rings is 2. The molecule has 3 rings (SSSR count). The Kier molecular flexibility index (Phi) is 2.69. The largest absolute Gasteiger partial charge is 0.399 e. The Hall–Kier alpha value is -1.65. The lowest BCUT2D eigenvalue weighted by Gasteiger charge is -2.01. The number of halogens is 2. The molecule has 0 aliphatic rings. The molecule has 0 aliphatic carbocycles. The number of nitrogen functional groups attached to an aromatic ring is 1. The Bertz CT molecular complexity index is 739. The van der Waals surface area contributed by atoms with E-state index in [0.29, 0.717) is 16.2 Å². The average Bonchev–Trinajstić information content (AvgIpc) is 2.74.